The van der Waals surface area contributed by atoms with Gasteiger partial charge in [-0.25, -0.2) is 0 Å². The average Bonchev–Trinajstić information content (AvgIpc) is 3.00. The summed E-state index contributed by atoms with van der Waals surface area (Å²) < 4.78 is 51.7. The number of aryl methyl sites for hydroxylation is 1. The van der Waals surface area contributed by atoms with Crippen LogP contribution in [0.25, 0.3) is 0 Å². The van der Waals surface area contributed by atoms with Crippen molar-refractivity contribution >= 4 is 17.4 Å². The lowest BCUT2D eigenvalue weighted by atomic mass is 10.0. The average molecular weight is 614 g/mol. The molecule has 7 nitrogen and oxygen atoms in total. The first-order valence-corrected chi connectivity index (χ1v) is 15.2. The number of pyridine rings is 1. The molecular formula is C34H42F3N3O4. The first-order chi connectivity index (χ1) is 21.1. The number of hydrogen-bond acceptors (Lipinski definition) is 6. The van der Waals surface area contributed by atoms with Crippen LogP contribution in [-0.4, -0.2) is 36.9 Å². The number of ether oxygens (including phenoxy) is 2. The highest BCUT2D eigenvalue weighted by Crippen LogP contribution is 2.34. The van der Waals surface area contributed by atoms with Gasteiger partial charge in [-0.05, 0) is 74.6 Å². The van der Waals surface area contributed by atoms with Crippen LogP contribution in [0.4, 0.5) is 18.9 Å². The Bertz CT molecular complexity index is 1380. The van der Waals surface area contributed by atoms with Crippen LogP contribution in [0.2, 0.25) is 0 Å². The van der Waals surface area contributed by atoms with Gasteiger partial charge in [-0.15, -0.1) is 0 Å². The zero-order valence-corrected chi connectivity index (χ0v) is 25.7. The van der Waals surface area contributed by atoms with Gasteiger partial charge in [0.25, 0.3) is 5.91 Å². The number of Topliss-reactive ketones (excluding diaryl/α,β-unsaturated/α-hetero) is 1. The summed E-state index contributed by atoms with van der Waals surface area (Å²) in [5.41, 5.74) is 1.77. The standard InChI is InChI=1S/C34H42F3N3O4/c1-4-5-6-7-21-43-32-17-16-26(34(35,36)37)22-25(32)11-8-12-27(41)13-10-19-39-29-14-9-15-31(24(29)2)44-28-18-20-40-30(23-28)33(42)38-3/h9,14-18,20,22-23,39H,4-8,10-13,19,21H2,1-3H3,(H,38,42). The Morgan fingerprint density at radius 2 is 1.73 bits per heavy atom. The Kier molecular flexibility index (Phi) is 13.5. The van der Waals surface area contributed by atoms with E-state index in [9.17, 15) is 22.8 Å². The molecule has 0 saturated carbocycles. The zero-order chi connectivity index (χ0) is 32.0. The van der Waals surface area contributed by atoms with E-state index in [0.717, 1.165) is 49.1 Å². The number of amides is 1. The second kappa shape index (κ2) is 17.3. The molecule has 1 heterocycles. The van der Waals surface area contributed by atoms with E-state index in [1.807, 2.05) is 25.1 Å². The predicted octanol–water partition coefficient (Wildman–Crippen LogP) is 8.30. The van der Waals surface area contributed by atoms with Crippen molar-refractivity contribution in [3.05, 3.63) is 77.1 Å². The van der Waals surface area contributed by atoms with Crippen molar-refractivity contribution in [1.82, 2.24) is 10.3 Å². The molecule has 0 saturated heterocycles. The van der Waals surface area contributed by atoms with Gasteiger partial charge in [-0.3, -0.25) is 14.6 Å². The number of aromatic nitrogens is 1. The van der Waals surface area contributed by atoms with Crippen LogP contribution in [0.15, 0.2) is 54.7 Å². The van der Waals surface area contributed by atoms with Crippen molar-refractivity contribution in [2.24, 2.45) is 0 Å². The molecule has 10 heteroatoms. The molecule has 0 bridgehead atoms. The maximum Gasteiger partial charge on any atom is 0.416 e. The summed E-state index contributed by atoms with van der Waals surface area (Å²) in [6.45, 7) is 5.05. The number of anilines is 1. The number of nitrogens with zero attached hydrogens (tertiary/aromatic N) is 1. The van der Waals surface area contributed by atoms with Gasteiger partial charge in [0, 0.05) is 49.9 Å². The van der Waals surface area contributed by atoms with E-state index in [1.165, 1.54) is 19.3 Å². The number of carbonyl (C=O) groups is 2. The lowest BCUT2D eigenvalue weighted by molar-refractivity contribution is -0.137. The normalized spacial score (nSPS) is 11.2. The summed E-state index contributed by atoms with van der Waals surface area (Å²) in [4.78, 5) is 28.5. The zero-order valence-electron chi connectivity index (χ0n) is 25.7. The van der Waals surface area contributed by atoms with Gasteiger partial charge in [-0.1, -0.05) is 32.3 Å². The van der Waals surface area contributed by atoms with Gasteiger partial charge in [0.1, 0.15) is 28.7 Å². The molecular weight excluding hydrogens is 571 g/mol. The topological polar surface area (TPSA) is 89.6 Å². The lowest BCUT2D eigenvalue weighted by Gasteiger charge is -2.15. The molecule has 3 aromatic rings. The van der Waals surface area contributed by atoms with Gasteiger partial charge in [0.2, 0.25) is 0 Å². The maximum absolute atomic E-state index is 13.3. The highest BCUT2D eigenvalue weighted by atomic mass is 19.4. The first kappa shape index (κ1) is 34.4. The highest BCUT2D eigenvalue weighted by Gasteiger charge is 2.31. The summed E-state index contributed by atoms with van der Waals surface area (Å²) in [5.74, 6) is 1.33. The molecule has 0 atom stereocenters. The third kappa shape index (κ3) is 10.9. The fourth-order valence-corrected chi connectivity index (χ4v) is 4.68. The van der Waals surface area contributed by atoms with E-state index in [1.54, 1.807) is 12.1 Å². The van der Waals surface area contributed by atoms with Crippen molar-refractivity contribution < 1.29 is 32.2 Å². The molecule has 1 aromatic heterocycles. The van der Waals surface area contributed by atoms with Crippen molar-refractivity contribution in [3.63, 3.8) is 0 Å². The quantitative estimate of drug-likeness (QED) is 0.140. The second-order valence-corrected chi connectivity index (χ2v) is 10.6. The van der Waals surface area contributed by atoms with Gasteiger partial charge in [-0.2, -0.15) is 13.2 Å². The van der Waals surface area contributed by atoms with E-state index in [2.05, 4.69) is 22.5 Å². The number of nitrogens with one attached hydrogen (secondary N) is 2. The number of unbranched alkanes of at least 4 members (excludes halogenated alkanes) is 3. The van der Waals surface area contributed by atoms with E-state index in [4.69, 9.17) is 9.47 Å². The van der Waals surface area contributed by atoms with Crippen molar-refractivity contribution in [2.45, 2.75) is 77.8 Å². The minimum Gasteiger partial charge on any atom is -0.493 e. The minimum atomic E-state index is -4.43. The monoisotopic (exact) mass is 613 g/mol. The molecule has 0 radical (unpaired) electrons. The van der Waals surface area contributed by atoms with Gasteiger partial charge in [0.15, 0.2) is 0 Å². The summed E-state index contributed by atoms with van der Waals surface area (Å²) in [5, 5.41) is 5.88. The molecule has 0 aliphatic heterocycles. The molecule has 2 aromatic carbocycles. The first-order valence-electron chi connectivity index (χ1n) is 15.2. The number of rotatable bonds is 18. The van der Waals surface area contributed by atoms with Crippen molar-refractivity contribution in [2.75, 3.05) is 25.5 Å². The van der Waals surface area contributed by atoms with Crippen LogP contribution >= 0.6 is 0 Å². The fourth-order valence-electron chi connectivity index (χ4n) is 4.68. The fraction of sp³-hybridized carbons (Fsp3) is 0.441. The molecule has 0 unspecified atom stereocenters. The minimum absolute atomic E-state index is 0.0687. The molecule has 1 amide bonds. The number of carbonyl (C=O) groups excluding carboxylic acids is 2. The molecule has 3 rings (SSSR count). The summed E-state index contributed by atoms with van der Waals surface area (Å²) in [6, 6.07) is 12.4. The second-order valence-electron chi connectivity index (χ2n) is 10.6. The summed E-state index contributed by atoms with van der Waals surface area (Å²) in [6.07, 6.45) is 3.18. The van der Waals surface area contributed by atoms with Crippen LogP contribution in [0.1, 0.15) is 85.5 Å². The molecule has 0 aliphatic rings. The summed E-state index contributed by atoms with van der Waals surface area (Å²) in [7, 11) is 1.53. The Morgan fingerprint density at radius 3 is 2.48 bits per heavy atom. The Balaban J connectivity index is 1.47. The maximum atomic E-state index is 13.3. The number of halogens is 3. The molecule has 0 fully saturated rings. The van der Waals surface area contributed by atoms with Crippen molar-refractivity contribution in [3.8, 4) is 17.2 Å². The van der Waals surface area contributed by atoms with E-state index in [-0.39, 0.29) is 17.4 Å². The van der Waals surface area contributed by atoms with Gasteiger partial charge < -0.3 is 20.1 Å². The highest BCUT2D eigenvalue weighted by molar-refractivity contribution is 5.92. The smallest absolute Gasteiger partial charge is 0.416 e. The Hall–Kier alpha value is -4.08. The van der Waals surface area contributed by atoms with Crippen molar-refractivity contribution in [1.29, 1.82) is 0 Å². The van der Waals surface area contributed by atoms with Crippen LogP contribution in [0.5, 0.6) is 17.2 Å². The Morgan fingerprint density at radius 1 is 0.932 bits per heavy atom. The van der Waals surface area contributed by atoms with E-state index < -0.39 is 11.7 Å². The number of alkyl halides is 3. The third-order valence-electron chi connectivity index (χ3n) is 7.20. The predicted molar refractivity (Wildman–Crippen MR) is 166 cm³/mol. The molecule has 238 valence electrons. The molecule has 44 heavy (non-hydrogen) atoms. The van der Waals surface area contributed by atoms with Crippen LogP contribution in [0, 0.1) is 6.92 Å². The van der Waals surface area contributed by atoms with Crippen LogP contribution in [-0.2, 0) is 17.4 Å². The van der Waals surface area contributed by atoms with Crippen LogP contribution < -0.4 is 20.1 Å². The largest absolute Gasteiger partial charge is 0.493 e. The van der Waals surface area contributed by atoms with E-state index >= 15 is 0 Å². The molecule has 2 N–H and O–H groups in total. The lowest BCUT2D eigenvalue weighted by Crippen LogP contribution is -2.18. The molecule has 0 aliphatic carbocycles. The number of hydrogen-bond donors (Lipinski definition) is 2. The summed E-state index contributed by atoms with van der Waals surface area (Å²) >= 11 is 0. The van der Waals surface area contributed by atoms with Gasteiger partial charge in [0.05, 0.1) is 12.2 Å². The number of ketones is 1. The number of benzene rings is 2. The molecule has 0 spiro atoms. The Labute approximate surface area is 257 Å². The third-order valence-corrected chi connectivity index (χ3v) is 7.20. The van der Waals surface area contributed by atoms with Crippen LogP contribution in [0.3, 0.4) is 0 Å². The SMILES string of the molecule is CCCCCCOc1ccc(C(F)(F)F)cc1CCCC(=O)CCCNc1cccc(Oc2ccnc(C(=O)NC)c2)c1C. The van der Waals surface area contributed by atoms with E-state index in [0.29, 0.717) is 68.1 Å². The van der Waals surface area contributed by atoms with Gasteiger partial charge >= 0.3 is 6.18 Å².